The number of benzene rings is 1. The van der Waals surface area contributed by atoms with Crippen LogP contribution in [0.3, 0.4) is 0 Å². The molecule has 1 aromatic rings. The molecular formula is C13H17NO4. The van der Waals surface area contributed by atoms with E-state index in [1.165, 1.54) is 0 Å². The molecule has 0 spiro atoms. The van der Waals surface area contributed by atoms with Gasteiger partial charge in [-0.2, -0.15) is 0 Å². The summed E-state index contributed by atoms with van der Waals surface area (Å²) in [6.45, 7) is 3.47. The molecule has 1 aliphatic rings. The Balaban J connectivity index is 2.29. The van der Waals surface area contributed by atoms with Gasteiger partial charge in [0.2, 0.25) is 0 Å². The number of rotatable bonds is 3. The maximum absolute atomic E-state index is 11.3. The average Bonchev–Trinajstić information content (AvgIpc) is 2.38. The standard InChI is InChI=1S/C13H17NO4/c1-9-2-3-12(11(6-9)13(16)17)14-4-5-18-10(7-14)8-15/h2-3,6,10,15H,4-5,7-8H2,1H3,(H,16,17). The average molecular weight is 251 g/mol. The van der Waals surface area contributed by atoms with Gasteiger partial charge in [0.25, 0.3) is 0 Å². The molecule has 5 nitrogen and oxygen atoms in total. The van der Waals surface area contributed by atoms with E-state index in [9.17, 15) is 9.90 Å². The normalized spacial score (nSPS) is 19.9. The first-order chi connectivity index (χ1) is 8.61. The van der Waals surface area contributed by atoms with Gasteiger partial charge in [0.1, 0.15) is 0 Å². The second kappa shape index (κ2) is 5.37. The van der Waals surface area contributed by atoms with Crippen LogP contribution in [-0.4, -0.2) is 48.6 Å². The molecule has 0 radical (unpaired) electrons. The topological polar surface area (TPSA) is 70.0 Å². The molecule has 2 rings (SSSR count). The minimum absolute atomic E-state index is 0.0508. The highest BCUT2D eigenvalue weighted by Crippen LogP contribution is 2.24. The number of anilines is 1. The van der Waals surface area contributed by atoms with Gasteiger partial charge in [-0.3, -0.25) is 0 Å². The van der Waals surface area contributed by atoms with Crippen LogP contribution in [0, 0.1) is 6.92 Å². The first kappa shape index (κ1) is 12.9. The fourth-order valence-corrected chi connectivity index (χ4v) is 2.15. The smallest absolute Gasteiger partial charge is 0.337 e. The third-order valence-corrected chi connectivity index (χ3v) is 3.07. The van der Waals surface area contributed by atoms with Crippen LogP contribution in [0.2, 0.25) is 0 Å². The Labute approximate surface area is 106 Å². The molecule has 1 atom stereocenters. The van der Waals surface area contributed by atoms with Crippen LogP contribution in [-0.2, 0) is 4.74 Å². The lowest BCUT2D eigenvalue weighted by Crippen LogP contribution is -2.44. The van der Waals surface area contributed by atoms with Gasteiger partial charge in [-0.1, -0.05) is 11.6 Å². The zero-order chi connectivity index (χ0) is 13.1. The minimum Gasteiger partial charge on any atom is -0.478 e. The summed E-state index contributed by atoms with van der Waals surface area (Å²) in [5.41, 5.74) is 1.91. The molecule has 1 aromatic carbocycles. The van der Waals surface area contributed by atoms with Crippen LogP contribution in [0.5, 0.6) is 0 Å². The lowest BCUT2D eigenvalue weighted by molar-refractivity contribution is 0.00349. The predicted octanol–water partition coefficient (Wildman–Crippen LogP) is 0.891. The number of aromatic carboxylic acids is 1. The number of hydrogen-bond donors (Lipinski definition) is 2. The Morgan fingerprint density at radius 3 is 3.00 bits per heavy atom. The van der Waals surface area contributed by atoms with Crippen molar-refractivity contribution in [2.75, 3.05) is 31.2 Å². The van der Waals surface area contributed by atoms with Crippen molar-refractivity contribution >= 4 is 11.7 Å². The molecule has 2 N–H and O–H groups in total. The summed E-state index contributed by atoms with van der Waals surface area (Å²) in [6.07, 6.45) is -0.248. The fourth-order valence-electron chi connectivity index (χ4n) is 2.15. The van der Waals surface area contributed by atoms with Crippen molar-refractivity contribution in [2.24, 2.45) is 0 Å². The number of aryl methyl sites for hydroxylation is 1. The van der Waals surface area contributed by atoms with Gasteiger partial charge in [-0.25, -0.2) is 4.79 Å². The fraction of sp³-hybridized carbons (Fsp3) is 0.462. The van der Waals surface area contributed by atoms with Crippen molar-refractivity contribution in [1.29, 1.82) is 0 Å². The quantitative estimate of drug-likeness (QED) is 0.835. The number of hydrogen-bond acceptors (Lipinski definition) is 4. The van der Waals surface area contributed by atoms with E-state index in [0.29, 0.717) is 30.9 Å². The Bertz CT molecular complexity index is 447. The van der Waals surface area contributed by atoms with Gasteiger partial charge >= 0.3 is 5.97 Å². The minimum atomic E-state index is -0.930. The van der Waals surface area contributed by atoms with E-state index < -0.39 is 5.97 Å². The first-order valence-corrected chi connectivity index (χ1v) is 5.93. The van der Waals surface area contributed by atoms with E-state index in [4.69, 9.17) is 9.84 Å². The molecule has 1 unspecified atom stereocenters. The van der Waals surface area contributed by atoms with Gasteiger partial charge in [0, 0.05) is 13.1 Å². The van der Waals surface area contributed by atoms with Gasteiger partial charge in [-0.05, 0) is 19.1 Å². The largest absolute Gasteiger partial charge is 0.478 e. The van der Waals surface area contributed by atoms with Crippen molar-refractivity contribution < 1.29 is 19.7 Å². The molecular weight excluding hydrogens is 234 g/mol. The summed E-state index contributed by atoms with van der Waals surface area (Å²) < 4.78 is 5.36. The molecule has 0 bridgehead atoms. The monoisotopic (exact) mass is 251 g/mol. The second-order valence-electron chi connectivity index (χ2n) is 4.45. The molecule has 1 fully saturated rings. The molecule has 1 aliphatic heterocycles. The molecule has 0 saturated carbocycles. The van der Waals surface area contributed by atoms with E-state index in [0.717, 1.165) is 5.56 Å². The van der Waals surface area contributed by atoms with Crippen LogP contribution in [0.1, 0.15) is 15.9 Å². The maximum atomic E-state index is 11.3. The Morgan fingerprint density at radius 1 is 1.56 bits per heavy atom. The Kier molecular flexibility index (Phi) is 3.84. The van der Waals surface area contributed by atoms with E-state index >= 15 is 0 Å². The second-order valence-corrected chi connectivity index (χ2v) is 4.45. The number of carboxylic acids is 1. The number of carboxylic acid groups (broad SMARTS) is 1. The number of morpholine rings is 1. The Hall–Kier alpha value is -1.59. The number of aliphatic hydroxyl groups is 1. The molecule has 0 aromatic heterocycles. The number of aliphatic hydroxyl groups excluding tert-OH is 1. The highest BCUT2D eigenvalue weighted by molar-refractivity contribution is 5.94. The molecule has 1 saturated heterocycles. The molecule has 5 heteroatoms. The zero-order valence-electron chi connectivity index (χ0n) is 10.3. The first-order valence-electron chi connectivity index (χ1n) is 5.93. The van der Waals surface area contributed by atoms with Crippen molar-refractivity contribution in [3.05, 3.63) is 29.3 Å². The van der Waals surface area contributed by atoms with E-state index in [1.54, 1.807) is 6.07 Å². The summed E-state index contributed by atoms with van der Waals surface area (Å²) in [5, 5.41) is 18.3. The van der Waals surface area contributed by atoms with Gasteiger partial charge in [-0.15, -0.1) is 0 Å². The van der Waals surface area contributed by atoms with Crippen LogP contribution in [0.15, 0.2) is 18.2 Å². The number of carbonyl (C=O) groups is 1. The van der Waals surface area contributed by atoms with Gasteiger partial charge in [0.15, 0.2) is 0 Å². The Morgan fingerprint density at radius 2 is 2.33 bits per heavy atom. The third kappa shape index (κ3) is 2.63. The lowest BCUT2D eigenvalue weighted by atomic mass is 10.1. The highest BCUT2D eigenvalue weighted by atomic mass is 16.5. The van der Waals surface area contributed by atoms with E-state index in [1.807, 2.05) is 24.0 Å². The van der Waals surface area contributed by atoms with Gasteiger partial charge < -0.3 is 19.8 Å². The lowest BCUT2D eigenvalue weighted by Gasteiger charge is -2.34. The summed E-state index contributed by atoms with van der Waals surface area (Å²) >= 11 is 0. The van der Waals surface area contributed by atoms with E-state index in [-0.39, 0.29) is 12.7 Å². The van der Waals surface area contributed by atoms with Crippen molar-refractivity contribution in [3.63, 3.8) is 0 Å². The SMILES string of the molecule is Cc1ccc(N2CCOC(CO)C2)c(C(=O)O)c1. The molecule has 18 heavy (non-hydrogen) atoms. The summed E-state index contributed by atoms with van der Waals surface area (Å²) in [7, 11) is 0. The molecule has 1 heterocycles. The molecule has 0 aliphatic carbocycles. The highest BCUT2D eigenvalue weighted by Gasteiger charge is 2.23. The molecule has 0 amide bonds. The number of ether oxygens (including phenoxy) is 1. The van der Waals surface area contributed by atoms with Crippen molar-refractivity contribution in [3.8, 4) is 0 Å². The van der Waals surface area contributed by atoms with Crippen LogP contribution >= 0.6 is 0 Å². The summed E-state index contributed by atoms with van der Waals surface area (Å²) in [5.74, 6) is -0.930. The number of nitrogens with zero attached hydrogens (tertiary/aromatic N) is 1. The van der Waals surface area contributed by atoms with Crippen LogP contribution in [0.25, 0.3) is 0 Å². The van der Waals surface area contributed by atoms with E-state index in [2.05, 4.69) is 0 Å². The van der Waals surface area contributed by atoms with Crippen molar-refractivity contribution in [1.82, 2.24) is 0 Å². The van der Waals surface area contributed by atoms with Crippen LogP contribution in [0.4, 0.5) is 5.69 Å². The van der Waals surface area contributed by atoms with Gasteiger partial charge in [0.05, 0.1) is 30.6 Å². The zero-order valence-corrected chi connectivity index (χ0v) is 10.3. The maximum Gasteiger partial charge on any atom is 0.337 e. The third-order valence-electron chi connectivity index (χ3n) is 3.07. The van der Waals surface area contributed by atoms with Crippen molar-refractivity contribution in [2.45, 2.75) is 13.0 Å². The predicted molar refractivity (Wildman–Crippen MR) is 67.2 cm³/mol. The molecule has 98 valence electrons. The summed E-state index contributed by atoms with van der Waals surface area (Å²) in [4.78, 5) is 13.2. The summed E-state index contributed by atoms with van der Waals surface area (Å²) in [6, 6.07) is 5.38. The van der Waals surface area contributed by atoms with Crippen LogP contribution < -0.4 is 4.90 Å².